The summed E-state index contributed by atoms with van der Waals surface area (Å²) >= 11 is 0. The zero-order valence-electron chi connectivity index (χ0n) is 13.7. The van der Waals surface area contributed by atoms with Gasteiger partial charge in [-0.3, -0.25) is 4.57 Å². The summed E-state index contributed by atoms with van der Waals surface area (Å²) in [5, 5.41) is 0. The molecule has 0 spiro atoms. The molecule has 1 unspecified atom stereocenters. The van der Waals surface area contributed by atoms with Gasteiger partial charge in [-0.2, -0.15) is 0 Å². The molecule has 0 saturated heterocycles. The number of hydrogen-bond acceptors (Lipinski definition) is 3. The van der Waals surface area contributed by atoms with E-state index in [1.165, 1.54) is 70.6 Å². The highest BCUT2D eigenvalue weighted by atomic mass is 31.2. The zero-order valence-corrected chi connectivity index (χ0v) is 14.6. The first-order chi connectivity index (χ1) is 10.1. The summed E-state index contributed by atoms with van der Waals surface area (Å²) in [5.74, 6) is 0. The number of phosphoric acid groups is 1. The molecule has 0 radical (unpaired) electrons. The van der Waals surface area contributed by atoms with Crippen molar-refractivity contribution in [1.82, 2.24) is 0 Å². The molecule has 128 valence electrons. The molecule has 1 atom stereocenters. The van der Waals surface area contributed by atoms with Crippen LogP contribution in [-0.2, 0) is 9.09 Å². The normalized spacial score (nSPS) is 14.2. The number of rotatable bonds is 16. The quantitative estimate of drug-likeness (QED) is 0.323. The van der Waals surface area contributed by atoms with Crippen molar-refractivity contribution in [1.29, 1.82) is 0 Å². The first kappa shape index (κ1) is 21.1. The molecular weight excluding hydrogens is 287 g/mol. The van der Waals surface area contributed by atoms with Crippen molar-refractivity contribution in [2.24, 2.45) is 0 Å². The van der Waals surface area contributed by atoms with E-state index < -0.39 is 7.82 Å². The lowest BCUT2D eigenvalue weighted by Gasteiger charge is -2.14. The molecule has 21 heavy (non-hydrogen) atoms. The van der Waals surface area contributed by atoms with E-state index in [2.05, 4.69) is 11.4 Å². The Morgan fingerprint density at radius 1 is 0.762 bits per heavy atom. The minimum absolute atomic E-state index is 0.106. The first-order valence-electron chi connectivity index (χ1n) is 8.74. The molecule has 0 saturated carbocycles. The Labute approximate surface area is 130 Å². The van der Waals surface area contributed by atoms with Crippen molar-refractivity contribution in [3.63, 3.8) is 0 Å². The SMILES string of the molecule is CCCCCCCCCCCCCCCCOP(=O)([O-])O. The molecule has 1 N–H and O–H groups in total. The third-order valence-corrected chi connectivity index (χ3v) is 4.26. The highest BCUT2D eigenvalue weighted by Crippen LogP contribution is 2.30. The van der Waals surface area contributed by atoms with Crippen LogP contribution in [0, 0.1) is 0 Å². The van der Waals surface area contributed by atoms with Crippen molar-refractivity contribution < 1.29 is 18.9 Å². The predicted molar refractivity (Wildman–Crippen MR) is 86.1 cm³/mol. The highest BCUT2D eigenvalue weighted by Gasteiger charge is 2.00. The van der Waals surface area contributed by atoms with Gasteiger partial charge < -0.3 is 14.3 Å². The van der Waals surface area contributed by atoms with E-state index in [1.54, 1.807) is 0 Å². The van der Waals surface area contributed by atoms with E-state index in [-0.39, 0.29) is 6.61 Å². The molecular formula is C16H34O4P-. The van der Waals surface area contributed by atoms with E-state index in [9.17, 15) is 9.46 Å². The molecule has 0 heterocycles. The largest absolute Gasteiger partial charge is 0.756 e. The average Bonchev–Trinajstić information content (AvgIpc) is 2.42. The van der Waals surface area contributed by atoms with Crippen molar-refractivity contribution in [3.8, 4) is 0 Å². The van der Waals surface area contributed by atoms with Crippen molar-refractivity contribution in [3.05, 3.63) is 0 Å². The standard InChI is InChI=1S/C16H35O4P/c1-2-3-4-5-6-7-8-9-10-11-12-13-14-15-16-20-21(17,18)19/h2-16H2,1H3,(H2,17,18,19)/p-1. The molecule has 0 aliphatic rings. The van der Waals surface area contributed by atoms with E-state index >= 15 is 0 Å². The molecule has 4 nitrogen and oxygen atoms in total. The Morgan fingerprint density at radius 2 is 1.10 bits per heavy atom. The third kappa shape index (κ3) is 20.1. The van der Waals surface area contributed by atoms with Gasteiger partial charge in [0.25, 0.3) is 7.82 Å². The third-order valence-electron chi connectivity index (χ3n) is 3.75. The molecule has 0 aromatic carbocycles. The minimum atomic E-state index is -4.50. The Balaban J connectivity index is 3.01. The van der Waals surface area contributed by atoms with Gasteiger partial charge in [0, 0.05) is 0 Å². The molecule has 0 aromatic rings. The molecule has 5 heteroatoms. The number of phosphoric ester groups is 1. The Bertz CT molecular complexity index is 253. The van der Waals surface area contributed by atoms with E-state index in [4.69, 9.17) is 4.89 Å². The molecule has 0 rings (SSSR count). The van der Waals surface area contributed by atoms with Gasteiger partial charge in [-0.1, -0.05) is 90.4 Å². The van der Waals surface area contributed by atoms with Crippen LogP contribution in [0.4, 0.5) is 0 Å². The van der Waals surface area contributed by atoms with E-state index in [0.717, 1.165) is 12.8 Å². The fourth-order valence-electron chi connectivity index (χ4n) is 2.48. The number of unbranched alkanes of at least 4 members (excludes halogenated alkanes) is 13. The summed E-state index contributed by atoms with van der Waals surface area (Å²) in [6, 6.07) is 0. The fourth-order valence-corrected chi connectivity index (χ4v) is 2.84. The maximum Gasteiger partial charge on any atom is 0.265 e. The monoisotopic (exact) mass is 321 g/mol. The van der Waals surface area contributed by atoms with Crippen LogP contribution in [0.15, 0.2) is 0 Å². The van der Waals surface area contributed by atoms with Gasteiger partial charge in [0.05, 0.1) is 6.61 Å². The first-order valence-corrected chi connectivity index (χ1v) is 10.2. The fraction of sp³-hybridized carbons (Fsp3) is 1.00. The van der Waals surface area contributed by atoms with Crippen LogP contribution in [0.3, 0.4) is 0 Å². The van der Waals surface area contributed by atoms with Crippen LogP contribution < -0.4 is 4.89 Å². The lowest BCUT2D eigenvalue weighted by Crippen LogP contribution is -2.04. The van der Waals surface area contributed by atoms with Crippen LogP contribution in [0.5, 0.6) is 0 Å². The summed E-state index contributed by atoms with van der Waals surface area (Å²) in [6.45, 7) is 2.36. The van der Waals surface area contributed by atoms with Crippen LogP contribution in [0.1, 0.15) is 96.8 Å². The molecule has 0 bridgehead atoms. The minimum Gasteiger partial charge on any atom is -0.756 e. The molecule has 0 amide bonds. The smallest absolute Gasteiger partial charge is 0.265 e. The lowest BCUT2D eigenvalue weighted by molar-refractivity contribution is -0.219. The van der Waals surface area contributed by atoms with E-state index in [1.807, 2.05) is 0 Å². The molecule has 0 aliphatic carbocycles. The summed E-state index contributed by atoms with van der Waals surface area (Å²) in [4.78, 5) is 18.7. The predicted octanol–water partition coefficient (Wildman–Crippen LogP) is 4.95. The maximum absolute atomic E-state index is 10.3. The Morgan fingerprint density at radius 3 is 1.43 bits per heavy atom. The second-order valence-electron chi connectivity index (χ2n) is 5.90. The van der Waals surface area contributed by atoms with E-state index in [0.29, 0.717) is 6.42 Å². The van der Waals surface area contributed by atoms with Gasteiger partial charge in [0.15, 0.2) is 0 Å². The maximum atomic E-state index is 10.3. The van der Waals surface area contributed by atoms with Crippen molar-refractivity contribution in [2.45, 2.75) is 96.8 Å². The zero-order chi connectivity index (χ0) is 15.8. The van der Waals surface area contributed by atoms with Gasteiger partial charge in [0.2, 0.25) is 0 Å². The molecule has 0 aromatic heterocycles. The Hall–Kier alpha value is 0.110. The van der Waals surface area contributed by atoms with Gasteiger partial charge in [0.1, 0.15) is 0 Å². The van der Waals surface area contributed by atoms with Crippen LogP contribution in [0.2, 0.25) is 0 Å². The van der Waals surface area contributed by atoms with Gasteiger partial charge in [-0.05, 0) is 6.42 Å². The van der Waals surface area contributed by atoms with Gasteiger partial charge in [-0.15, -0.1) is 0 Å². The van der Waals surface area contributed by atoms with Crippen LogP contribution >= 0.6 is 7.82 Å². The average molecular weight is 321 g/mol. The topological polar surface area (TPSA) is 69.6 Å². The summed E-state index contributed by atoms with van der Waals surface area (Å²) < 4.78 is 14.6. The lowest BCUT2D eigenvalue weighted by atomic mass is 10.0. The summed E-state index contributed by atoms with van der Waals surface area (Å²) in [7, 11) is -4.50. The van der Waals surface area contributed by atoms with Gasteiger partial charge in [-0.25, -0.2) is 0 Å². The van der Waals surface area contributed by atoms with Crippen molar-refractivity contribution >= 4 is 7.82 Å². The highest BCUT2D eigenvalue weighted by molar-refractivity contribution is 7.44. The second kappa shape index (κ2) is 15.0. The summed E-state index contributed by atoms with van der Waals surface area (Å²) in [6.07, 6.45) is 17.6. The van der Waals surface area contributed by atoms with Gasteiger partial charge >= 0.3 is 0 Å². The molecule has 0 aliphatic heterocycles. The second-order valence-corrected chi connectivity index (χ2v) is 7.09. The van der Waals surface area contributed by atoms with Crippen LogP contribution in [-0.4, -0.2) is 11.5 Å². The van der Waals surface area contributed by atoms with Crippen molar-refractivity contribution in [2.75, 3.05) is 6.61 Å². The number of hydrogen-bond donors (Lipinski definition) is 1. The Kier molecular flexibility index (Phi) is 15.1. The molecule has 0 fully saturated rings. The van der Waals surface area contributed by atoms with Crippen LogP contribution in [0.25, 0.3) is 0 Å². The summed E-state index contributed by atoms with van der Waals surface area (Å²) in [5.41, 5.74) is 0.